The Morgan fingerprint density at radius 3 is 1.51 bits per heavy atom. The topological polar surface area (TPSA) is 47.9 Å². The highest BCUT2D eigenvalue weighted by atomic mass is 16.5. The van der Waals surface area contributed by atoms with Crippen LogP contribution in [0.3, 0.4) is 0 Å². The molecule has 1 aromatic heterocycles. The SMILES string of the molecule is [2H]C1([2H])CC2(CCOCC2)CC([2H])([2H])C12c1ccccc1-c1ccc(-c3cccc(-c4cccc(-c5nc(-c6ccccc6)nc(-c6ccccc6)n5)c4)c3)cc12. The molecule has 0 amide bonds. The van der Waals surface area contributed by atoms with Crippen molar-refractivity contribution in [3.05, 3.63) is 163 Å². The number of fused-ring (bicyclic) bond motifs is 5. The highest BCUT2D eigenvalue weighted by Crippen LogP contribution is 2.60. The Labute approximate surface area is 317 Å². The fraction of sp³-hybridized carbons (Fsp3) is 0.204. The van der Waals surface area contributed by atoms with E-state index < -0.39 is 23.6 Å². The lowest BCUT2D eigenvalue weighted by molar-refractivity contribution is -0.0134. The van der Waals surface area contributed by atoms with Crippen molar-refractivity contribution in [3.63, 3.8) is 0 Å². The van der Waals surface area contributed by atoms with Gasteiger partial charge in [-0.05, 0) is 107 Å². The predicted octanol–water partition coefficient (Wildman–Crippen LogP) is 11.8. The van der Waals surface area contributed by atoms with E-state index in [2.05, 4.69) is 48.5 Å². The average Bonchev–Trinajstić information content (AvgIpc) is 3.56. The first-order chi connectivity index (χ1) is 27.7. The van der Waals surface area contributed by atoms with Gasteiger partial charge in [0.25, 0.3) is 0 Å². The molecule has 2 fully saturated rings. The fourth-order valence-electron chi connectivity index (χ4n) is 8.42. The summed E-state index contributed by atoms with van der Waals surface area (Å²) in [6.07, 6.45) is -1.73. The second-order valence-electron chi connectivity index (χ2n) is 14.6. The Hall–Kier alpha value is -5.71. The summed E-state index contributed by atoms with van der Waals surface area (Å²) in [4.78, 5) is 14.8. The van der Waals surface area contributed by atoms with Gasteiger partial charge in [0.2, 0.25) is 0 Å². The number of rotatable bonds is 5. The van der Waals surface area contributed by atoms with Gasteiger partial charge in [-0.1, -0.05) is 133 Å². The number of benzene rings is 6. The quantitative estimate of drug-likeness (QED) is 0.180. The third-order valence-corrected chi connectivity index (χ3v) is 11.4. The molecule has 7 aromatic rings. The standard InChI is InChI=1S/C49H41N3O/c1-3-11-34(12-4-1)45-50-46(35-13-5-2-6-14-35)52-47(51-45)40-18-10-17-38(32-40)36-15-9-16-37(31-36)39-21-22-42-41-19-7-8-20-43(41)49(44(42)33-39)25-23-48(24-26-49)27-29-53-30-28-48/h1-22,31-33H,23-30H2/i25D2,26D2. The van der Waals surface area contributed by atoms with Gasteiger partial charge in [0, 0.05) is 40.8 Å². The molecule has 0 atom stereocenters. The van der Waals surface area contributed by atoms with Crippen molar-refractivity contribution in [1.82, 2.24) is 15.0 Å². The van der Waals surface area contributed by atoms with Crippen LogP contribution in [-0.2, 0) is 10.2 Å². The predicted molar refractivity (Wildman–Crippen MR) is 214 cm³/mol. The maximum atomic E-state index is 9.86. The van der Waals surface area contributed by atoms with E-state index in [1.54, 1.807) is 0 Å². The Balaban J connectivity index is 1.05. The molecule has 6 aromatic carbocycles. The zero-order valence-corrected chi connectivity index (χ0v) is 29.4. The second kappa shape index (κ2) is 13.1. The smallest absolute Gasteiger partial charge is 0.164 e. The highest BCUT2D eigenvalue weighted by Gasteiger charge is 2.49. The maximum absolute atomic E-state index is 9.86. The van der Waals surface area contributed by atoms with Crippen molar-refractivity contribution in [1.29, 1.82) is 0 Å². The molecule has 2 spiro atoms. The Morgan fingerprint density at radius 1 is 0.415 bits per heavy atom. The molecule has 0 bridgehead atoms. The van der Waals surface area contributed by atoms with Crippen LogP contribution in [0.2, 0.25) is 0 Å². The van der Waals surface area contributed by atoms with E-state index in [1.807, 2.05) is 103 Å². The van der Waals surface area contributed by atoms with Crippen molar-refractivity contribution < 1.29 is 10.2 Å². The van der Waals surface area contributed by atoms with E-state index in [4.69, 9.17) is 19.7 Å². The molecule has 2 heterocycles. The van der Waals surface area contributed by atoms with Crippen molar-refractivity contribution in [2.24, 2.45) is 5.41 Å². The Bertz CT molecular complexity index is 2560. The summed E-state index contributed by atoms with van der Waals surface area (Å²) in [5, 5.41) is 0. The van der Waals surface area contributed by atoms with E-state index in [0.29, 0.717) is 56.4 Å². The average molecular weight is 692 g/mol. The molecule has 53 heavy (non-hydrogen) atoms. The van der Waals surface area contributed by atoms with Gasteiger partial charge >= 0.3 is 0 Å². The summed E-state index contributed by atoms with van der Waals surface area (Å²) in [5.41, 5.74) is 8.06. The first kappa shape index (κ1) is 27.9. The summed E-state index contributed by atoms with van der Waals surface area (Å²) in [5.74, 6) is 1.80. The summed E-state index contributed by atoms with van der Waals surface area (Å²) in [7, 11) is 0. The monoisotopic (exact) mass is 691 g/mol. The van der Waals surface area contributed by atoms with Crippen LogP contribution in [0.4, 0.5) is 0 Å². The van der Waals surface area contributed by atoms with E-state index in [-0.39, 0.29) is 0 Å². The molecule has 4 heteroatoms. The minimum Gasteiger partial charge on any atom is -0.381 e. The molecular formula is C49H41N3O. The van der Waals surface area contributed by atoms with Crippen LogP contribution in [-0.4, -0.2) is 28.2 Å². The first-order valence-electron chi connectivity index (χ1n) is 20.6. The van der Waals surface area contributed by atoms with Crippen LogP contribution in [0.5, 0.6) is 0 Å². The molecule has 1 saturated heterocycles. The molecule has 0 unspecified atom stereocenters. The minimum atomic E-state index is -1.84. The van der Waals surface area contributed by atoms with Gasteiger partial charge in [-0.25, -0.2) is 15.0 Å². The van der Waals surface area contributed by atoms with E-state index in [0.717, 1.165) is 61.2 Å². The minimum absolute atomic E-state index is 0.299. The first-order valence-corrected chi connectivity index (χ1v) is 18.6. The van der Waals surface area contributed by atoms with Crippen LogP contribution in [0.25, 0.3) is 67.5 Å². The van der Waals surface area contributed by atoms with Crippen molar-refractivity contribution in [2.45, 2.75) is 43.8 Å². The second-order valence-corrected chi connectivity index (χ2v) is 14.6. The van der Waals surface area contributed by atoms with Gasteiger partial charge in [-0.2, -0.15) is 0 Å². The zero-order chi connectivity index (χ0) is 38.8. The van der Waals surface area contributed by atoms with Crippen LogP contribution in [0.15, 0.2) is 152 Å². The number of hydrogen-bond acceptors (Lipinski definition) is 4. The number of nitrogens with zero attached hydrogens (tertiary/aromatic N) is 3. The van der Waals surface area contributed by atoms with Crippen molar-refractivity contribution in [2.75, 3.05) is 13.2 Å². The van der Waals surface area contributed by atoms with Crippen LogP contribution in [0, 0.1) is 5.41 Å². The maximum Gasteiger partial charge on any atom is 0.164 e. The third-order valence-electron chi connectivity index (χ3n) is 11.4. The molecular weight excluding hydrogens is 647 g/mol. The normalized spacial score (nSPS) is 19.7. The van der Waals surface area contributed by atoms with Gasteiger partial charge in [-0.15, -0.1) is 0 Å². The number of aromatic nitrogens is 3. The summed E-state index contributed by atoms with van der Waals surface area (Å²) >= 11 is 0. The summed E-state index contributed by atoms with van der Waals surface area (Å²) < 4.78 is 45.1. The van der Waals surface area contributed by atoms with Gasteiger partial charge in [0.05, 0.1) is 0 Å². The van der Waals surface area contributed by atoms with E-state index in [1.165, 1.54) is 0 Å². The van der Waals surface area contributed by atoms with Crippen molar-refractivity contribution in [3.8, 4) is 67.5 Å². The van der Waals surface area contributed by atoms with E-state index in [9.17, 15) is 5.48 Å². The molecule has 0 radical (unpaired) electrons. The third kappa shape index (κ3) is 5.69. The molecule has 3 aliphatic rings. The zero-order valence-electron chi connectivity index (χ0n) is 33.4. The Morgan fingerprint density at radius 2 is 0.887 bits per heavy atom. The van der Waals surface area contributed by atoms with Crippen molar-refractivity contribution >= 4 is 0 Å². The lowest BCUT2D eigenvalue weighted by Gasteiger charge is -2.48. The van der Waals surface area contributed by atoms with Crippen LogP contribution < -0.4 is 0 Å². The summed E-state index contributed by atoms with van der Waals surface area (Å²) in [6.45, 7) is 1.10. The van der Waals surface area contributed by atoms with Gasteiger partial charge in [0.1, 0.15) is 0 Å². The number of hydrogen-bond donors (Lipinski definition) is 0. The fourth-order valence-corrected chi connectivity index (χ4v) is 8.42. The van der Waals surface area contributed by atoms with Crippen LogP contribution in [0.1, 0.15) is 55.0 Å². The number of ether oxygens (including phenoxy) is 1. The lowest BCUT2D eigenvalue weighted by atomic mass is 9.58. The largest absolute Gasteiger partial charge is 0.381 e. The molecule has 1 saturated carbocycles. The lowest BCUT2D eigenvalue weighted by Crippen LogP contribution is -2.40. The molecule has 1 aliphatic heterocycles. The van der Waals surface area contributed by atoms with Gasteiger partial charge in [0.15, 0.2) is 17.5 Å². The molecule has 4 nitrogen and oxygen atoms in total. The van der Waals surface area contributed by atoms with Gasteiger partial charge < -0.3 is 4.74 Å². The molecule has 10 rings (SSSR count). The van der Waals surface area contributed by atoms with Gasteiger partial charge in [-0.3, -0.25) is 0 Å². The van der Waals surface area contributed by atoms with Crippen LogP contribution >= 0.6 is 0 Å². The molecule has 2 aliphatic carbocycles. The molecule has 0 N–H and O–H groups in total. The van der Waals surface area contributed by atoms with E-state index >= 15 is 0 Å². The summed E-state index contributed by atoms with van der Waals surface area (Å²) in [6, 6.07) is 50.7. The Kier molecular flexibility index (Phi) is 6.87. The highest BCUT2D eigenvalue weighted by molar-refractivity contribution is 5.85. The molecule has 258 valence electrons.